The smallest absolute Gasteiger partial charge is 0.332 e. The maximum atomic E-state index is 13.5. The Labute approximate surface area is 234 Å². The summed E-state index contributed by atoms with van der Waals surface area (Å²) in [7, 11) is 0. The van der Waals surface area contributed by atoms with E-state index in [1.54, 1.807) is 4.90 Å². The fourth-order valence-electron chi connectivity index (χ4n) is 4.93. The molecule has 9 heteroatoms. The molecule has 2 aromatic carbocycles. The minimum atomic E-state index is -1.21. The Balaban J connectivity index is 1.47. The molecule has 4 rings (SSSR count). The van der Waals surface area contributed by atoms with E-state index < -0.39 is 29.8 Å². The van der Waals surface area contributed by atoms with Crippen LogP contribution in [0.1, 0.15) is 48.8 Å². The van der Waals surface area contributed by atoms with Gasteiger partial charge in [0.1, 0.15) is 13.2 Å². The highest BCUT2D eigenvalue weighted by molar-refractivity contribution is 5.89. The molecule has 9 nitrogen and oxygen atoms in total. The molecular formula is C31H36N2O7. The summed E-state index contributed by atoms with van der Waals surface area (Å²) in [6.07, 6.45) is 5.81. The fourth-order valence-corrected chi connectivity index (χ4v) is 4.93. The molecule has 212 valence electrons. The molecule has 0 spiro atoms. The Kier molecular flexibility index (Phi) is 10.5. The van der Waals surface area contributed by atoms with Gasteiger partial charge in [-0.2, -0.15) is 0 Å². The number of fused-ring (bicyclic) bond motifs is 1. The average Bonchev–Trinajstić information content (AvgIpc) is 2.99. The zero-order valence-electron chi connectivity index (χ0n) is 22.5. The third-order valence-corrected chi connectivity index (χ3v) is 7.25. The zero-order valence-corrected chi connectivity index (χ0v) is 22.5. The Hall–Kier alpha value is -3.98. The first-order valence-electron chi connectivity index (χ1n) is 13.7. The van der Waals surface area contributed by atoms with Gasteiger partial charge >= 0.3 is 11.9 Å². The number of carbonyl (C=O) groups excluding carboxylic acids is 4. The van der Waals surface area contributed by atoms with Gasteiger partial charge in [-0.1, -0.05) is 66.7 Å². The van der Waals surface area contributed by atoms with Gasteiger partial charge in [0.2, 0.25) is 11.8 Å². The number of ether oxygens (including phenoxy) is 2. The first-order chi connectivity index (χ1) is 19.4. The normalized spacial score (nSPS) is 22.0. The number of cyclic esters (lactones) is 1. The van der Waals surface area contributed by atoms with Crippen molar-refractivity contribution in [1.82, 2.24) is 10.2 Å². The van der Waals surface area contributed by atoms with Crippen LogP contribution in [-0.2, 0) is 48.2 Å². The van der Waals surface area contributed by atoms with E-state index in [0.717, 1.165) is 16.7 Å². The summed E-state index contributed by atoms with van der Waals surface area (Å²) in [6, 6.07) is 15.3. The monoisotopic (exact) mass is 548 g/mol. The van der Waals surface area contributed by atoms with Crippen LogP contribution in [-0.4, -0.2) is 59.1 Å². The number of aliphatic hydroxyl groups is 1. The van der Waals surface area contributed by atoms with Gasteiger partial charge in [0.25, 0.3) is 0 Å². The second-order valence-electron chi connectivity index (χ2n) is 10.2. The second-order valence-corrected chi connectivity index (χ2v) is 10.2. The van der Waals surface area contributed by atoms with Gasteiger partial charge in [0.15, 0.2) is 6.04 Å². The summed E-state index contributed by atoms with van der Waals surface area (Å²) in [5, 5.41) is 12.7. The molecule has 0 unspecified atom stereocenters. The Bertz CT molecular complexity index is 1210. The van der Waals surface area contributed by atoms with E-state index in [2.05, 4.69) is 5.32 Å². The van der Waals surface area contributed by atoms with Crippen LogP contribution in [0.4, 0.5) is 0 Å². The molecule has 0 aromatic heterocycles. The van der Waals surface area contributed by atoms with E-state index in [1.165, 1.54) is 0 Å². The van der Waals surface area contributed by atoms with Gasteiger partial charge in [0, 0.05) is 19.4 Å². The predicted molar refractivity (Wildman–Crippen MR) is 146 cm³/mol. The molecule has 2 amide bonds. The van der Waals surface area contributed by atoms with E-state index in [0.29, 0.717) is 25.8 Å². The molecule has 2 aromatic rings. The molecular weight excluding hydrogens is 512 g/mol. The minimum absolute atomic E-state index is 0.00360. The van der Waals surface area contributed by atoms with Crippen molar-refractivity contribution in [3.8, 4) is 0 Å². The second kappa shape index (κ2) is 14.4. The van der Waals surface area contributed by atoms with Crippen LogP contribution in [0.25, 0.3) is 0 Å². The van der Waals surface area contributed by atoms with Gasteiger partial charge in [-0.05, 0) is 42.4 Å². The Morgan fingerprint density at radius 2 is 1.77 bits per heavy atom. The summed E-state index contributed by atoms with van der Waals surface area (Å²) in [5.41, 5.74) is 2.89. The van der Waals surface area contributed by atoms with Crippen LogP contribution in [0.15, 0.2) is 66.7 Å². The van der Waals surface area contributed by atoms with Crippen LogP contribution in [0, 0.1) is 5.92 Å². The molecule has 0 saturated carbocycles. The standard InChI is InChI=1S/C31H36N2O7/c34-19-26-16-23-12-8-9-14-25(23)18-33(26)28(35)17-24-13-6-1-2-7-15-29(36)39-21-27(32-30(24)37)31(38)40-20-22-10-4-3-5-11-22/h1,3-6,8-12,14,24,26-27,34H,2,7,13,15-21H2,(H,32,37)/t24-,26+,27-/m1/s1. The third kappa shape index (κ3) is 8.02. The van der Waals surface area contributed by atoms with Crippen molar-refractivity contribution < 1.29 is 33.8 Å². The molecule has 2 N–H and O–H groups in total. The van der Waals surface area contributed by atoms with Crippen molar-refractivity contribution in [2.75, 3.05) is 13.2 Å². The lowest BCUT2D eigenvalue weighted by Crippen LogP contribution is -2.50. The van der Waals surface area contributed by atoms with Gasteiger partial charge in [-0.25, -0.2) is 4.79 Å². The number of hydrogen-bond acceptors (Lipinski definition) is 7. The lowest BCUT2D eigenvalue weighted by atomic mass is 9.92. The molecule has 3 atom stereocenters. The maximum absolute atomic E-state index is 13.5. The van der Waals surface area contributed by atoms with Gasteiger partial charge < -0.3 is 24.8 Å². The number of allylic oxidation sites excluding steroid dienone is 2. The lowest BCUT2D eigenvalue weighted by Gasteiger charge is -2.36. The lowest BCUT2D eigenvalue weighted by molar-refractivity contribution is -0.155. The quantitative estimate of drug-likeness (QED) is 0.421. The number of amides is 2. The summed E-state index contributed by atoms with van der Waals surface area (Å²) in [5.74, 6) is -2.71. The SMILES string of the molecule is O=C1CCCC=CC[C@H](CC(=O)N2Cc3ccccc3C[C@H]2CO)C(=O)N[C@@H](C(=O)OCc2ccccc2)CO1. The molecule has 0 fully saturated rings. The maximum Gasteiger partial charge on any atom is 0.332 e. The van der Waals surface area contributed by atoms with E-state index in [9.17, 15) is 24.3 Å². The van der Waals surface area contributed by atoms with Crippen molar-refractivity contribution in [2.24, 2.45) is 5.92 Å². The first kappa shape index (κ1) is 29.0. The van der Waals surface area contributed by atoms with Gasteiger partial charge in [-0.3, -0.25) is 14.4 Å². The number of aliphatic hydroxyl groups excluding tert-OH is 1. The number of carbonyl (C=O) groups is 4. The highest BCUT2D eigenvalue weighted by atomic mass is 16.6. The Morgan fingerprint density at radius 1 is 1.02 bits per heavy atom. The van der Waals surface area contributed by atoms with Crippen LogP contribution in [0.3, 0.4) is 0 Å². The largest absolute Gasteiger partial charge is 0.463 e. The number of esters is 2. The molecule has 0 saturated heterocycles. The summed E-state index contributed by atoms with van der Waals surface area (Å²) >= 11 is 0. The molecule has 0 aliphatic carbocycles. The molecule has 0 radical (unpaired) electrons. The summed E-state index contributed by atoms with van der Waals surface area (Å²) in [6.45, 7) is -0.183. The number of nitrogens with one attached hydrogen (secondary N) is 1. The molecule has 40 heavy (non-hydrogen) atoms. The van der Waals surface area contributed by atoms with E-state index >= 15 is 0 Å². The van der Waals surface area contributed by atoms with Crippen molar-refractivity contribution in [3.63, 3.8) is 0 Å². The fraction of sp³-hybridized carbons (Fsp3) is 0.419. The molecule has 2 aliphatic heterocycles. The predicted octanol–water partition coefficient (Wildman–Crippen LogP) is 2.84. The zero-order chi connectivity index (χ0) is 28.3. The highest BCUT2D eigenvalue weighted by Gasteiger charge is 2.33. The minimum Gasteiger partial charge on any atom is -0.463 e. The first-order valence-corrected chi connectivity index (χ1v) is 13.7. The van der Waals surface area contributed by atoms with Crippen molar-refractivity contribution >= 4 is 23.8 Å². The topological polar surface area (TPSA) is 122 Å². The highest BCUT2D eigenvalue weighted by Crippen LogP contribution is 2.25. The van der Waals surface area contributed by atoms with E-state index in [1.807, 2.05) is 66.7 Å². The molecule has 0 bridgehead atoms. The third-order valence-electron chi connectivity index (χ3n) is 7.25. The summed E-state index contributed by atoms with van der Waals surface area (Å²) < 4.78 is 10.7. The average molecular weight is 549 g/mol. The number of nitrogens with zero attached hydrogens (tertiary/aromatic N) is 1. The van der Waals surface area contributed by atoms with Crippen LogP contribution in [0.5, 0.6) is 0 Å². The van der Waals surface area contributed by atoms with Crippen LogP contribution < -0.4 is 5.32 Å². The Morgan fingerprint density at radius 3 is 2.55 bits per heavy atom. The molecule has 2 heterocycles. The van der Waals surface area contributed by atoms with E-state index in [-0.39, 0.29) is 51.0 Å². The number of hydrogen-bond donors (Lipinski definition) is 2. The van der Waals surface area contributed by atoms with Crippen molar-refractivity contribution in [1.29, 1.82) is 0 Å². The molecule has 2 aliphatic rings. The van der Waals surface area contributed by atoms with Crippen LogP contribution in [0.2, 0.25) is 0 Å². The number of rotatable bonds is 6. The van der Waals surface area contributed by atoms with Gasteiger partial charge in [0.05, 0.1) is 18.6 Å². The van der Waals surface area contributed by atoms with Gasteiger partial charge in [-0.15, -0.1) is 0 Å². The summed E-state index contributed by atoms with van der Waals surface area (Å²) in [4.78, 5) is 53.7. The number of benzene rings is 2. The van der Waals surface area contributed by atoms with Crippen LogP contribution >= 0.6 is 0 Å². The van der Waals surface area contributed by atoms with Crippen molar-refractivity contribution in [2.45, 2.75) is 63.8 Å². The van der Waals surface area contributed by atoms with E-state index in [4.69, 9.17) is 9.47 Å². The van der Waals surface area contributed by atoms with Crippen molar-refractivity contribution in [3.05, 3.63) is 83.4 Å².